The molecule has 0 saturated heterocycles. The van der Waals surface area contributed by atoms with E-state index in [9.17, 15) is 27.1 Å². The van der Waals surface area contributed by atoms with E-state index in [1.807, 2.05) is 5.38 Å². The van der Waals surface area contributed by atoms with Crippen molar-refractivity contribution in [3.05, 3.63) is 69.8 Å². The Morgan fingerprint density at radius 1 is 1.27 bits per heavy atom. The lowest BCUT2D eigenvalue weighted by Gasteiger charge is -2.15. The number of alkyl halides is 2. The molecule has 1 saturated carbocycles. The Morgan fingerprint density at radius 3 is 2.84 bits per heavy atom. The van der Waals surface area contributed by atoms with Gasteiger partial charge < -0.3 is 15.2 Å². The summed E-state index contributed by atoms with van der Waals surface area (Å²) in [7, 11) is -4.12. The lowest BCUT2D eigenvalue weighted by molar-refractivity contribution is -0.0498. The van der Waals surface area contributed by atoms with Crippen molar-refractivity contribution in [2.24, 2.45) is 11.1 Å². The number of benzene rings is 1. The molecule has 2 aromatic heterocycles. The van der Waals surface area contributed by atoms with Crippen molar-refractivity contribution in [2.75, 3.05) is 11.9 Å². The van der Waals surface area contributed by atoms with Crippen LogP contribution in [-0.2, 0) is 20.9 Å². The van der Waals surface area contributed by atoms with Crippen molar-refractivity contribution in [2.45, 2.75) is 38.0 Å². The summed E-state index contributed by atoms with van der Waals surface area (Å²) < 4.78 is 56.1. The number of aromatic nitrogens is 2. The number of rotatable bonds is 11. The van der Waals surface area contributed by atoms with E-state index in [-0.39, 0.29) is 35.6 Å². The van der Waals surface area contributed by atoms with Crippen molar-refractivity contribution in [3.8, 4) is 5.75 Å². The number of nitrogens with zero attached hydrogens (tertiary/aromatic N) is 2. The molecule has 1 fully saturated rings. The molecule has 0 spiro atoms. The SMILES string of the molecule is NS(=O)(=O)OC[C@H]1C[C@@H](Nc2ncncc2C(=O)c2cc(Cc3cccc(OC(F)F)c3)cs2)C[C@@H]1O. The van der Waals surface area contributed by atoms with Gasteiger partial charge >= 0.3 is 16.9 Å². The van der Waals surface area contributed by atoms with Gasteiger partial charge in [-0.1, -0.05) is 12.1 Å². The molecule has 1 aromatic carbocycles. The maximum atomic E-state index is 13.3. The Hall–Kier alpha value is -3.04. The molecule has 10 nitrogen and oxygen atoms in total. The number of carbonyl (C=O) groups is 1. The van der Waals surface area contributed by atoms with E-state index in [2.05, 4.69) is 24.2 Å². The average molecular weight is 555 g/mol. The summed E-state index contributed by atoms with van der Waals surface area (Å²) in [5, 5.41) is 20.1. The molecule has 3 aromatic rings. The number of ether oxygens (including phenoxy) is 1. The number of hydrogen-bond donors (Lipinski definition) is 3. The first-order valence-electron chi connectivity index (χ1n) is 11.1. The maximum Gasteiger partial charge on any atom is 0.387 e. The molecule has 1 aliphatic carbocycles. The number of nitrogens with one attached hydrogen (secondary N) is 1. The molecule has 0 unspecified atom stereocenters. The smallest absolute Gasteiger partial charge is 0.387 e. The van der Waals surface area contributed by atoms with Crippen LogP contribution in [-0.4, -0.2) is 54.6 Å². The number of hydrogen-bond acceptors (Lipinski definition) is 10. The van der Waals surface area contributed by atoms with Crippen molar-refractivity contribution >= 4 is 33.2 Å². The average Bonchev–Trinajstić information content (AvgIpc) is 3.43. The molecule has 0 amide bonds. The van der Waals surface area contributed by atoms with Crippen molar-refractivity contribution < 1.29 is 36.0 Å². The summed E-state index contributed by atoms with van der Waals surface area (Å²) in [5.41, 5.74) is 1.81. The van der Waals surface area contributed by atoms with Gasteiger partial charge in [-0.15, -0.1) is 11.3 Å². The molecule has 1 aliphatic rings. The van der Waals surface area contributed by atoms with E-state index in [0.29, 0.717) is 24.1 Å². The quantitative estimate of drug-likeness (QED) is 0.304. The van der Waals surface area contributed by atoms with Gasteiger partial charge in [-0.05, 0) is 54.0 Å². The largest absolute Gasteiger partial charge is 0.435 e. The number of ketones is 1. The molecule has 0 aliphatic heterocycles. The van der Waals surface area contributed by atoms with Crippen LogP contribution in [0.4, 0.5) is 14.6 Å². The molecule has 4 N–H and O–H groups in total. The molecular weight excluding hydrogens is 530 g/mol. The van der Waals surface area contributed by atoms with Crippen molar-refractivity contribution in [3.63, 3.8) is 0 Å². The fraction of sp³-hybridized carbons (Fsp3) is 0.348. The number of aliphatic hydroxyl groups is 1. The van der Waals surface area contributed by atoms with Gasteiger partial charge in [0.25, 0.3) is 0 Å². The highest BCUT2D eigenvalue weighted by Crippen LogP contribution is 2.31. The van der Waals surface area contributed by atoms with Crippen LogP contribution in [0.3, 0.4) is 0 Å². The zero-order valence-electron chi connectivity index (χ0n) is 19.3. The summed E-state index contributed by atoms with van der Waals surface area (Å²) in [6.07, 6.45) is 2.97. The van der Waals surface area contributed by atoms with E-state index < -0.39 is 28.9 Å². The van der Waals surface area contributed by atoms with Crippen LogP contribution in [0.2, 0.25) is 0 Å². The van der Waals surface area contributed by atoms with Gasteiger partial charge in [0.05, 0.1) is 23.2 Å². The Labute approximate surface area is 215 Å². The predicted molar refractivity (Wildman–Crippen MR) is 131 cm³/mol. The molecule has 37 heavy (non-hydrogen) atoms. The summed E-state index contributed by atoms with van der Waals surface area (Å²) in [6, 6.07) is 7.81. The van der Waals surface area contributed by atoms with Gasteiger partial charge in [0.1, 0.15) is 17.9 Å². The van der Waals surface area contributed by atoms with E-state index in [1.165, 1.54) is 36.0 Å². The van der Waals surface area contributed by atoms with Crippen LogP contribution in [0, 0.1) is 5.92 Å². The number of thiophene rings is 1. The highest BCUT2D eigenvalue weighted by molar-refractivity contribution is 7.84. The highest BCUT2D eigenvalue weighted by atomic mass is 32.2. The molecule has 14 heteroatoms. The first-order chi connectivity index (χ1) is 17.6. The normalized spacial score (nSPS) is 19.8. The Kier molecular flexibility index (Phi) is 8.44. The Bertz CT molecular complexity index is 1350. The zero-order chi connectivity index (χ0) is 26.6. The van der Waals surface area contributed by atoms with Crippen molar-refractivity contribution in [1.29, 1.82) is 0 Å². The summed E-state index contributed by atoms with van der Waals surface area (Å²) >= 11 is 1.24. The summed E-state index contributed by atoms with van der Waals surface area (Å²) in [6.45, 7) is -3.16. The van der Waals surface area contributed by atoms with Crippen LogP contribution in [0.5, 0.6) is 5.75 Å². The topological polar surface area (TPSA) is 154 Å². The first kappa shape index (κ1) is 27.0. The number of nitrogens with two attached hydrogens (primary N) is 1. The second-order valence-corrected chi connectivity index (χ2v) is 10.7. The van der Waals surface area contributed by atoms with Gasteiger partial charge in [-0.3, -0.25) is 8.98 Å². The minimum Gasteiger partial charge on any atom is -0.435 e. The van der Waals surface area contributed by atoms with Gasteiger partial charge in [-0.2, -0.15) is 17.2 Å². The summed E-state index contributed by atoms with van der Waals surface area (Å²) in [4.78, 5) is 21.9. The van der Waals surface area contributed by atoms with Crippen LogP contribution < -0.4 is 15.2 Å². The fourth-order valence-electron chi connectivity index (χ4n) is 4.17. The lowest BCUT2D eigenvalue weighted by Crippen LogP contribution is -2.24. The van der Waals surface area contributed by atoms with Crippen molar-refractivity contribution in [1.82, 2.24) is 9.97 Å². The molecule has 0 radical (unpaired) electrons. The van der Waals surface area contributed by atoms with Crippen LogP contribution in [0.25, 0.3) is 0 Å². The zero-order valence-corrected chi connectivity index (χ0v) is 20.9. The number of halogens is 2. The number of aliphatic hydroxyl groups excluding tert-OH is 1. The second kappa shape index (κ2) is 11.6. The Balaban J connectivity index is 1.43. The molecule has 3 atom stereocenters. The molecule has 4 rings (SSSR count). The number of anilines is 1. The standard InChI is InChI=1S/C23H24F2N4O6S2/c24-23(25)35-17-3-1-2-13(5-17)4-14-6-20(36-11-14)21(31)18-9-27-12-28-22(18)29-16-7-15(19(30)8-16)10-34-37(26,32)33/h1-3,5-6,9,11-12,15-16,19,23,30H,4,7-8,10H2,(H2,26,32,33)(H,27,28,29)/t15-,16-,19+/m1/s1. The Morgan fingerprint density at radius 2 is 2.08 bits per heavy atom. The minimum absolute atomic E-state index is 0.0617. The van der Waals surface area contributed by atoms with Gasteiger partial charge in [0.2, 0.25) is 5.78 Å². The van der Waals surface area contributed by atoms with E-state index in [1.54, 1.807) is 18.2 Å². The first-order valence-corrected chi connectivity index (χ1v) is 13.5. The number of carbonyl (C=O) groups excluding carboxylic acids is 1. The fourth-order valence-corrected chi connectivity index (χ4v) is 5.40. The third kappa shape index (κ3) is 7.49. The molecular formula is C23H24F2N4O6S2. The maximum absolute atomic E-state index is 13.3. The molecule has 198 valence electrons. The van der Waals surface area contributed by atoms with Crippen LogP contribution in [0.1, 0.15) is 39.2 Å². The van der Waals surface area contributed by atoms with Gasteiger partial charge in [0.15, 0.2) is 0 Å². The predicted octanol–water partition coefficient (Wildman–Crippen LogP) is 2.73. The van der Waals surface area contributed by atoms with E-state index in [0.717, 1.165) is 11.1 Å². The van der Waals surface area contributed by atoms with Crippen LogP contribution in [0.15, 0.2) is 48.2 Å². The molecule has 2 heterocycles. The highest BCUT2D eigenvalue weighted by Gasteiger charge is 2.34. The minimum atomic E-state index is -4.12. The third-order valence-corrected chi connectivity index (χ3v) is 7.25. The van der Waals surface area contributed by atoms with Gasteiger partial charge in [-0.25, -0.2) is 15.1 Å². The van der Waals surface area contributed by atoms with E-state index in [4.69, 9.17) is 5.14 Å². The third-order valence-electron chi connectivity index (χ3n) is 5.81. The lowest BCUT2D eigenvalue weighted by atomic mass is 10.1. The van der Waals surface area contributed by atoms with Gasteiger partial charge in [0, 0.05) is 18.2 Å². The summed E-state index contributed by atoms with van der Waals surface area (Å²) in [5.74, 6) is -0.410. The molecule has 0 bridgehead atoms. The second-order valence-electron chi connectivity index (χ2n) is 8.55. The van der Waals surface area contributed by atoms with Crippen LogP contribution >= 0.6 is 11.3 Å². The monoisotopic (exact) mass is 554 g/mol. The van der Waals surface area contributed by atoms with E-state index >= 15 is 0 Å².